The fourth-order valence-electron chi connectivity index (χ4n) is 0.690. The molecule has 0 spiro atoms. The minimum absolute atomic E-state index is 0.213. The quantitative estimate of drug-likeness (QED) is 0.480. The van der Waals surface area contributed by atoms with Crippen LogP contribution in [0.2, 0.25) is 0 Å². The zero-order valence-electron chi connectivity index (χ0n) is 7.38. The Bertz CT molecular complexity index is 86.2. The summed E-state index contributed by atoms with van der Waals surface area (Å²) in [5, 5.41) is 20.8. The average Bonchev–Trinajstić information content (AvgIpc) is 1.97. The first-order chi connectivity index (χ1) is 5.18. The molecule has 0 fully saturated rings. The van der Waals surface area contributed by atoms with E-state index in [-0.39, 0.29) is 12.7 Å². The zero-order chi connectivity index (χ0) is 8.69. The molecule has 0 saturated carbocycles. The summed E-state index contributed by atoms with van der Waals surface area (Å²) in [6, 6.07) is 0. The molecule has 0 aliphatic heterocycles. The summed E-state index contributed by atoms with van der Waals surface area (Å²) in [5.74, 6) is 0.302. The van der Waals surface area contributed by atoms with Gasteiger partial charge in [0.15, 0.2) is 0 Å². The van der Waals surface area contributed by atoms with E-state index in [1.165, 1.54) is 0 Å². The lowest BCUT2D eigenvalue weighted by Gasteiger charge is -2.14. The van der Waals surface area contributed by atoms with E-state index in [0.717, 1.165) is 13.0 Å². The highest BCUT2D eigenvalue weighted by atomic mass is 16.3. The molecule has 0 bridgehead atoms. The molecule has 0 heterocycles. The van der Waals surface area contributed by atoms with Gasteiger partial charge in [-0.2, -0.15) is 0 Å². The van der Waals surface area contributed by atoms with Gasteiger partial charge in [-0.15, -0.1) is 0 Å². The van der Waals surface area contributed by atoms with E-state index >= 15 is 0 Å². The Kier molecular flexibility index (Phi) is 6.51. The van der Waals surface area contributed by atoms with Crippen LogP contribution in [-0.4, -0.2) is 36.0 Å². The minimum Gasteiger partial charge on any atom is -0.396 e. The third-order valence-corrected chi connectivity index (χ3v) is 1.63. The summed E-state index contributed by atoms with van der Waals surface area (Å²) in [7, 11) is 0. The van der Waals surface area contributed by atoms with Crippen LogP contribution in [0.1, 0.15) is 20.3 Å². The van der Waals surface area contributed by atoms with E-state index in [1.807, 2.05) is 13.8 Å². The molecular formula is C8H19NO2. The monoisotopic (exact) mass is 161 g/mol. The third-order valence-electron chi connectivity index (χ3n) is 1.63. The van der Waals surface area contributed by atoms with E-state index < -0.39 is 0 Å². The van der Waals surface area contributed by atoms with Crippen LogP contribution in [0.5, 0.6) is 0 Å². The maximum absolute atomic E-state index is 9.30. The predicted octanol–water partition coefficient (Wildman–Crippen LogP) is -0.0247. The summed E-state index contributed by atoms with van der Waals surface area (Å²) in [4.78, 5) is 0. The first kappa shape index (κ1) is 10.9. The van der Waals surface area contributed by atoms with E-state index in [9.17, 15) is 5.11 Å². The van der Waals surface area contributed by atoms with Gasteiger partial charge in [-0.05, 0) is 18.9 Å². The van der Waals surface area contributed by atoms with Crippen LogP contribution in [0.25, 0.3) is 0 Å². The second kappa shape index (κ2) is 6.58. The third kappa shape index (κ3) is 6.28. The van der Waals surface area contributed by atoms with Crippen LogP contribution < -0.4 is 5.32 Å². The van der Waals surface area contributed by atoms with Gasteiger partial charge in [-0.25, -0.2) is 0 Å². The summed E-state index contributed by atoms with van der Waals surface area (Å²) >= 11 is 0. The normalized spacial score (nSPS) is 13.9. The van der Waals surface area contributed by atoms with Crippen LogP contribution in [0.4, 0.5) is 0 Å². The Morgan fingerprint density at radius 1 is 1.36 bits per heavy atom. The van der Waals surface area contributed by atoms with Gasteiger partial charge >= 0.3 is 0 Å². The molecule has 3 nitrogen and oxygen atoms in total. The molecule has 0 aliphatic carbocycles. The molecule has 0 aromatic heterocycles. The average molecular weight is 161 g/mol. The second-order valence-electron chi connectivity index (χ2n) is 3.09. The first-order valence-electron chi connectivity index (χ1n) is 4.18. The van der Waals surface area contributed by atoms with Crippen molar-refractivity contribution in [3.8, 4) is 0 Å². The summed E-state index contributed by atoms with van der Waals surface area (Å²) in [6.07, 6.45) is 0.485. The highest BCUT2D eigenvalue weighted by molar-refractivity contribution is 4.62. The van der Waals surface area contributed by atoms with Crippen molar-refractivity contribution in [2.75, 3.05) is 19.7 Å². The lowest BCUT2D eigenvalue weighted by Crippen LogP contribution is -2.31. The van der Waals surface area contributed by atoms with Crippen molar-refractivity contribution in [3.05, 3.63) is 0 Å². The highest BCUT2D eigenvalue weighted by Gasteiger charge is 2.06. The fourth-order valence-corrected chi connectivity index (χ4v) is 0.690. The molecule has 3 heteroatoms. The van der Waals surface area contributed by atoms with Crippen molar-refractivity contribution in [1.82, 2.24) is 5.32 Å². The fraction of sp³-hybridized carbons (Fsp3) is 1.00. The van der Waals surface area contributed by atoms with Crippen LogP contribution in [0.15, 0.2) is 0 Å². The molecule has 11 heavy (non-hydrogen) atoms. The summed E-state index contributed by atoms with van der Waals surface area (Å²) in [6.45, 7) is 5.58. The number of rotatable bonds is 6. The maximum atomic E-state index is 9.30. The topological polar surface area (TPSA) is 52.5 Å². The molecule has 0 aliphatic rings. The lowest BCUT2D eigenvalue weighted by molar-refractivity contribution is 0.123. The van der Waals surface area contributed by atoms with Gasteiger partial charge < -0.3 is 15.5 Å². The van der Waals surface area contributed by atoms with Crippen LogP contribution in [0.3, 0.4) is 0 Å². The molecule has 0 saturated heterocycles. The van der Waals surface area contributed by atoms with Crippen molar-refractivity contribution in [3.63, 3.8) is 0 Å². The minimum atomic E-state index is -0.270. The molecule has 0 radical (unpaired) electrons. The molecular weight excluding hydrogens is 142 g/mol. The van der Waals surface area contributed by atoms with Crippen molar-refractivity contribution in [1.29, 1.82) is 0 Å². The van der Waals surface area contributed by atoms with Gasteiger partial charge in [-0.3, -0.25) is 0 Å². The molecule has 1 unspecified atom stereocenters. The summed E-state index contributed by atoms with van der Waals surface area (Å²) in [5.41, 5.74) is 0. The van der Waals surface area contributed by atoms with Gasteiger partial charge in [0.05, 0.1) is 6.10 Å². The van der Waals surface area contributed by atoms with E-state index in [0.29, 0.717) is 12.5 Å². The predicted molar refractivity (Wildman–Crippen MR) is 45.4 cm³/mol. The zero-order valence-corrected chi connectivity index (χ0v) is 7.38. The Morgan fingerprint density at radius 3 is 2.45 bits per heavy atom. The Labute approximate surface area is 68.4 Å². The second-order valence-corrected chi connectivity index (χ2v) is 3.09. The van der Waals surface area contributed by atoms with Gasteiger partial charge in [0.1, 0.15) is 0 Å². The molecule has 0 amide bonds. The molecule has 0 aromatic rings. The van der Waals surface area contributed by atoms with Gasteiger partial charge in [0, 0.05) is 13.2 Å². The van der Waals surface area contributed by atoms with Gasteiger partial charge in [0.25, 0.3) is 0 Å². The standard InChI is InChI=1S/C8H19NO2/c1-7(2)8(11)6-9-4-3-5-10/h7-11H,3-6H2,1-2H3. The molecule has 0 aromatic carbocycles. The van der Waals surface area contributed by atoms with Crippen molar-refractivity contribution in [2.24, 2.45) is 5.92 Å². The SMILES string of the molecule is CC(C)C(O)CNCCCO. The van der Waals surface area contributed by atoms with E-state index in [4.69, 9.17) is 5.11 Å². The van der Waals surface area contributed by atoms with Crippen LogP contribution >= 0.6 is 0 Å². The number of aliphatic hydroxyl groups excluding tert-OH is 2. The molecule has 0 rings (SSSR count). The number of hydrogen-bond donors (Lipinski definition) is 3. The van der Waals surface area contributed by atoms with E-state index in [1.54, 1.807) is 0 Å². The molecule has 1 atom stereocenters. The van der Waals surface area contributed by atoms with Crippen LogP contribution in [-0.2, 0) is 0 Å². The first-order valence-corrected chi connectivity index (χ1v) is 4.18. The Hall–Kier alpha value is -0.120. The number of nitrogens with one attached hydrogen (secondary N) is 1. The maximum Gasteiger partial charge on any atom is 0.0687 e. The summed E-state index contributed by atoms with van der Waals surface area (Å²) < 4.78 is 0. The Balaban J connectivity index is 3.10. The van der Waals surface area contributed by atoms with E-state index in [2.05, 4.69) is 5.32 Å². The lowest BCUT2D eigenvalue weighted by atomic mass is 10.1. The Morgan fingerprint density at radius 2 is 2.00 bits per heavy atom. The highest BCUT2D eigenvalue weighted by Crippen LogP contribution is 1.98. The number of hydrogen-bond acceptors (Lipinski definition) is 3. The largest absolute Gasteiger partial charge is 0.396 e. The van der Waals surface area contributed by atoms with Gasteiger partial charge in [0.2, 0.25) is 0 Å². The van der Waals surface area contributed by atoms with Crippen molar-refractivity contribution in [2.45, 2.75) is 26.4 Å². The van der Waals surface area contributed by atoms with Gasteiger partial charge in [-0.1, -0.05) is 13.8 Å². The van der Waals surface area contributed by atoms with Crippen molar-refractivity contribution >= 4 is 0 Å². The van der Waals surface area contributed by atoms with Crippen LogP contribution in [0, 0.1) is 5.92 Å². The molecule has 68 valence electrons. The van der Waals surface area contributed by atoms with Crippen molar-refractivity contribution < 1.29 is 10.2 Å². The smallest absolute Gasteiger partial charge is 0.0687 e. The number of aliphatic hydroxyl groups is 2. The molecule has 3 N–H and O–H groups in total.